The zero-order valence-corrected chi connectivity index (χ0v) is 20.3. The molecule has 1 heterocycles. The number of methoxy groups -OCH3 is 2. The van der Waals surface area contributed by atoms with Gasteiger partial charge in [-0.1, -0.05) is 42.5 Å². The van der Waals surface area contributed by atoms with Gasteiger partial charge in [-0.3, -0.25) is 14.2 Å². The zero-order chi connectivity index (χ0) is 25.5. The number of aromatic nitrogens is 2. The van der Waals surface area contributed by atoms with E-state index in [-0.39, 0.29) is 18.1 Å². The number of fused-ring (bicyclic) bond motifs is 1. The third-order valence-electron chi connectivity index (χ3n) is 5.61. The van der Waals surface area contributed by atoms with E-state index < -0.39 is 0 Å². The molecule has 1 aromatic heterocycles. The molecule has 0 aliphatic carbocycles. The molecule has 36 heavy (non-hydrogen) atoms. The van der Waals surface area contributed by atoms with Gasteiger partial charge in [-0.05, 0) is 60.5 Å². The van der Waals surface area contributed by atoms with Crippen molar-refractivity contribution < 1.29 is 19.0 Å². The van der Waals surface area contributed by atoms with Crippen LogP contribution in [-0.4, -0.2) is 29.6 Å². The first kappa shape index (κ1) is 24.5. The quantitative estimate of drug-likeness (QED) is 0.311. The maximum absolute atomic E-state index is 12.8. The summed E-state index contributed by atoms with van der Waals surface area (Å²) in [5.41, 5.74) is 2.97. The van der Waals surface area contributed by atoms with Gasteiger partial charge < -0.3 is 14.2 Å². The van der Waals surface area contributed by atoms with E-state index in [9.17, 15) is 9.59 Å². The van der Waals surface area contributed by atoms with Crippen LogP contribution in [0.5, 0.6) is 17.2 Å². The Morgan fingerprint density at radius 2 is 1.69 bits per heavy atom. The Balaban J connectivity index is 1.46. The van der Waals surface area contributed by atoms with Crippen molar-refractivity contribution in [1.29, 1.82) is 0 Å². The van der Waals surface area contributed by atoms with Crippen LogP contribution in [0.1, 0.15) is 16.7 Å². The predicted molar refractivity (Wildman–Crippen MR) is 140 cm³/mol. The summed E-state index contributed by atoms with van der Waals surface area (Å²) < 4.78 is 17.9. The lowest BCUT2D eigenvalue weighted by Crippen LogP contribution is -2.23. The Morgan fingerprint density at radius 1 is 0.917 bits per heavy atom. The van der Waals surface area contributed by atoms with Crippen molar-refractivity contribution in [2.45, 2.75) is 13.7 Å². The van der Waals surface area contributed by atoms with Crippen molar-refractivity contribution >= 4 is 28.8 Å². The van der Waals surface area contributed by atoms with Gasteiger partial charge in [-0.25, -0.2) is 4.98 Å². The van der Waals surface area contributed by atoms with Gasteiger partial charge in [0.2, 0.25) is 0 Å². The topological polar surface area (TPSA) is 79.7 Å². The van der Waals surface area contributed by atoms with Crippen molar-refractivity contribution in [3.05, 3.63) is 106 Å². The van der Waals surface area contributed by atoms with Crippen LogP contribution in [0, 0.1) is 6.92 Å². The molecule has 3 aromatic carbocycles. The lowest BCUT2D eigenvalue weighted by atomic mass is 10.1. The molecule has 0 aliphatic rings. The maximum Gasteiger partial charge on any atom is 0.263 e. The van der Waals surface area contributed by atoms with Gasteiger partial charge >= 0.3 is 0 Å². The van der Waals surface area contributed by atoms with Gasteiger partial charge in [-0.15, -0.1) is 0 Å². The number of ether oxygens (including phenoxy) is 3. The van der Waals surface area contributed by atoms with Crippen LogP contribution in [-0.2, 0) is 11.5 Å². The minimum atomic E-state index is -0.190. The standard InChI is InChI=1S/C29H26N2O5/c1-20-7-6-9-24-28(20)30-18-31(29(24)33)19-36-25-10-5-4-8-22(25)13-15-23(32)14-11-21-12-16-26(34-2)27(17-21)35-3/h4-18H,19H2,1-3H3/b14-11+,15-13+. The number of allylic oxidation sites excluding steroid dienone is 2. The predicted octanol–water partition coefficient (Wildman–Crippen LogP) is 5.05. The first-order valence-corrected chi connectivity index (χ1v) is 11.3. The van der Waals surface area contributed by atoms with Crippen LogP contribution in [0.3, 0.4) is 0 Å². The van der Waals surface area contributed by atoms with Crippen molar-refractivity contribution in [3.8, 4) is 17.2 Å². The third kappa shape index (κ3) is 5.52. The third-order valence-corrected chi connectivity index (χ3v) is 5.61. The number of carbonyl (C=O) groups excluding carboxylic acids is 1. The second-order valence-electron chi connectivity index (χ2n) is 7.99. The summed E-state index contributed by atoms with van der Waals surface area (Å²) in [5, 5.41) is 0.543. The summed E-state index contributed by atoms with van der Waals surface area (Å²) in [4.78, 5) is 29.7. The van der Waals surface area contributed by atoms with E-state index in [1.807, 2.05) is 43.3 Å². The van der Waals surface area contributed by atoms with Crippen LogP contribution >= 0.6 is 0 Å². The van der Waals surface area contributed by atoms with Gasteiger partial charge in [0.05, 0.1) is 25.1 Å². The Morgan fingerprint density at radius 3 is 2.50 bits per heavy atom. The average Bonchev–Trinajstić information content (AvgIpc) is 2.91. The van der Waals surface area contributed by atoms with Gasteiger partial charge in [0.15, 0.2) is 24.0 Å². The highest BCUT2D eigenvalue weighted by atomic mass is 16.5. The first-order chi connectivity index (χ1) is 17.5. The van der Waals surface area contributed by atoms with E-state index in [4.69, 9.17) is 14.2 Å². The highest BCUT2D eigenvalue weighted by Crippen LogP contribution is 2.28. The fourth-order valence-corrected chi connectivity index (χ4v) is 3.68. The van der Waals surface area contributed by atoms with Crippen LogP contribution in [0.4, 0.5) is 0 Å². The molecule has 4 aromatic rings. The number of hydrogen-bond acceptors (Lipinski definition) is 6. The van der Waals surface area contributed by atoms with Crippen LogP contribution < -0.4 is 19.8 Å². The first-order valence-electron chi connectivity index (χ1n) is 11.3. The smallest absolute Gasteiger partial charge is 0.263 e. The minimum Gasteiger partial charge on any atom is -0.493 e. The molecule has 0 bridgehead atoms. The molecule has 7 nitrogen and oxygen atoms in total. The summed E-state index contributed by atoms with van der Waals surface area (Å²) >= 11 is 0. The second-order valence-corrected chi connectivity index (χ2v) is 7.99. The van der Waals surface area contributed by atoms with Gasteiger partial charge in [0.25, 0.3) is 5.56 Å². The summed E-state index contributed by atoms with van der Waals surface area (Å²) in [7, 11) is 3.13. The molecule has 0 saturated carbocycles. The number of hydrogen-bond donors (Lipinski definition) is 0. The van der Waals surface area contributed by atoms with Crippen LogP contribution in [0.25, 0.3) is 23.1 Å². The number of para-hydroxylation sites is 2. The summed E-state index contributed by atoms with van der Waals surface area (Å²) in [6.45, 7) is 1.91. The number of carbonyl (C=O) groups is 1. The fraction of sp³-hybridized carbons (Fsp3) is 0.138. The van der Waals surface area contributed by atoms with Crippen molar-refractivity contribution in [1.82, 2.24) is 9.55 Å². The number of benzene rings is 3. The van der Waals surface area contributed by atoms with E-state index in [2.05, 4.69) is 4.98 Å². The lowest BCUT2D eigenvalue weighted by Gasteiger charge is -2.11. The Hall–Kier alpha value is -4.65. The van der Waals surface area contributed by atoms with E-state index in [0.29, 0.717) is 33.7 Å². The van der Waals surface area contributed by atoms with Crippen LogP contribution in [0.2, 0.25) is 0 Å². The molecule has 0 atom stereocenters. The highest BCUT2D eigenvalue weighted by Gasteiger charge is 2.08. The molecular formula is C29H26N2O5. The molecule has 182 valence electrons. The number of nitrogens with zero attached hydrogens (tertiary/aromatic N) is 2. The fourth-order valence-electron chi connectivity index (χ4n) is 3.68. The molecule has 0 saturated heterocycles. The minimum absolute atomic E-state index is 0.00623. The Kier molecular flexibility index (Phi) is 7.60. The number of aryl methyl sites for hydroxylation is 1. The van der Waals surface area contributed by atoms with Crippen molar-refractivity contribution in [2.24, 2.45) is 0 Å². The SMILES string of the molecule is COc1ccc(/C=C/C(=O)/C=C/c2ccccc2OCn2cnc3c(C)cccc3c2=O)cc1OC. The van der Waals surface area contributed by atoms with Crippen LogP contribution in [0.15, 0.2) is 83.9 Å². The maximum atomic E-state index is 12.8. The largest absolute Gasteiger partial charge is 0.493 e. The summed E-state index contributed by atoms with van der Waals surface area (Å²) in [6.07, 6.45) is 7.81. The Labute approximate surface area is 208 Å². The molecule has 0 radical (unpaired) electrons. The monoisotopic (exact) mass is 482 g/mol. The second kappa shape index (κ2) is 11.2. The number of rotatable bonds is 9. The molecule has 0 fully saturated rings. The van der Waals surface area contributed by atoms with Gasteiger partial charge in [-0.2, -0.15) is 0 Å². The van der Waals surface area contributed by atoms with E-state index in [1.54, 1.807) is 50.6 Å². The molecule has 0 amide bonds. The normalized spacial score (nSPS) is 11.3. The lowest BCUT2D eigenvalue weighted by molar-refractivity contribution is -0.110. The van der Waals surface area contributed by atoms with Crippen molar-refractivity contribution in [2.75, 3.05) is 14.2 Å². The zero-order valence-electron chi connectivity index (χ0n) is 20.3. The summed E-state index contributed by atoms with van der Waals surface area (Å²) in [6, 6.07) is 18.2. The van der Waals surface area contributed by atoms with Gasteiger partial charge in [0, 0.05) is 5.56 Å². The van der Waals surface area contributed by atoms with Gasteiger partial charge in [0.1, 0.15) is 12.1 Å². The molecular weight excluding hydrogens is 456 g/mol. The van der Waals surface area contributed by atoms with E-state index >= 15 is 0 Å². The highest BCUT2D eigenvalue weighted by molar-refractivity contribution is 6.04. The van der Waals surface area contributed by atoms with Crippen molar-refractivity contribution in [3.63, 3.8) is 0 Å². The molecule has 7 heteroatoms. The number of ketones is 1. The van der Waals surface area contributed by atoms with E-state index in [1.165, 1.54) is 23.0 Å². The molecule has 0 aliphatic heterocycles. The Bertz CT molecular complexity index is 1520. The molecule has 0 N–H and O–H groups in total. The molecule has 0 unspecified atom stereocenters. The molecule has 0 spiro atoms. The van der Waals surface area contributed by atoms with E-state index in [0.717, 1.165) is 11.1 Å². The average molecular weight is 483 g/mol. The molecule has 4 rings (SSSR count). The summed E-state index contributed by atoms with van der Waals surface area (Å²) in [5.74, 6) is 1.56.